The number of carbonyl (C=O) groups is 2. The molecule has 1 atom stereocenters. The zero-order valence-electron chi connectivity index (χ0n) is 19.2. The fraction of sp³-hybridized carbons (Fsp3) is 0.304. The Morgan fingerprint density at radius 3 is 2.21 bits per heavy atom. The molecule has 0 radical (unpaired) electrons. The van der Waals surface area contributed by atoms with Gasteiger partial charge in [0.05, 0.1) is 43.1 Å². The molecular formula is C23H26N2O8S. The van der Waals surface area contributed by atoms with E-state index < -0.39 is 33.6 Å². The van der Waals surface area contributed by atoms with Gasteiger partial charge in [-0.25, -0.2) is 18.0 Å². The molecule has 0 spiro atoms. The third-order valence-electron chi connectivity index (χ3n) is 5.20. The van der Waals surface area contributed by atoms with E-state index in [-0.39, 0.29) is 40.0 Å². The first-order chi connectivity index (χ1) is 16.1. The van der Waals surface area contributed by atoms with Gasteiger partial charge < -0.3 is 30.0 Å². The Hall–Kier alpha value is -3.73. The van der Waals surface area contributed by atoms with Crippen LogP contribution < -0.4 is 20.1 Å². The number of carbonyl (C=O) groups excluding carboxylic acids is 2. The SMILES string of the molecule is CCOC(=O)C1=C(CS(=O)(=O)c2ccc(C)cc2)NC(=O)N[C@H]1c1cc(OC)c(O)c(OC)c1. The number of aryl methyl sites for hydroxylation is 1. The van der Waals surface area contributed by atoms with Gasteiger partial charge in [0.1, 0.15) is 0 Å². The minimum atomic E-state index is -3.92. The average Bonchev–Trinajstić information content (AvgIpc) is 2.79. The lowest BCUT2D eigenvalue weighted by Crippen LogP contribution is -2.47. The molecule has 0 unspecified atom stereocenters. The molecule has 0 aliphatic carbocycles. The second kappa shape index (κ2) is 10.0. The Labute approximate surface area is 197 Å². The van der Waals surface area contributed by atoms with Gasteiger partial charge in [-0.05, 0) is 43.7 Å². The van der Waals surface area contributed by atoms with Gasteiger partial charge in [-0.3, -0.25) is 0 Å². The Kier molecular flexibility index (Phi) is 7.35. The average molecular weight is 491 g/mol. The fourth-order valence-electron chi connectivity index (χ4n) is 3.53. The molecule has 1 heterocycles. The van der Waals surface area contributed by atoms with E-state index in [1.165, 1.54) is 38.5 Å². The van der Waals surface area contributed by atoms with Gasteiger partial charge in [-0.2, -0.15) is 0 Å². The minimum Gasteiger partial charge on any atom is -0.502 e. The fourth-order valence-corrected chi connectivity index (χ4v) is 4.86. The van der Waals surface area contributed by atoms with Gasteiger partial charge in [0.25, 0.3) is 0 Å². The van der Waals surface area contributed by atoms with Crippen molar-refractivity contribution in [1.82, 2.24) is 10.6 Å². The summed E-state index contributed by atoms with van der Waals surface area (Å²) in [4.78, 5) is 25.5. The molecule has 1 aliphatic rings. The number of ether oxygens (including phenoxy) is 3. The number of esters is 1. The number of methoxy groups -OCH3 is 2. The van der Waals surface area contributed by atoms with E-state index in [1.54, 1.807) is 19.1 Å². The van der Waals surface area contributed by atoms with Crippen LogP contribution in [0.3, 0.4) is 0 Å². The minimum absolute atomic E-state index is 0.0310. The molecule has 2 aromatic carbocycles. The first-order valence-corrected chi connectivity index (χ1v) is 12.0. The molecule has 0 saturated heterocycles. The number of phenols is 1. The number of hydrogen-bond donors (Lipinski definition) is 3. The van der Waals surface area contributed by atoms with E-state index in [0.717, 1.165) is 5.56 Å². The summed E-state index contributed by atoms with van der Waals surface area (Å²) in [6.07, 6.45) is 0. The number of hydrogen-bond acceptors (Lipinski definition) is 8. The second-order valence-electron chi connectivity index (χ2n) is 7.49. The van der Waals surface area contributed by atoms with Crippen LogP contribution >= 0.6 is 0 Å². The summed E-state index contributed by atoms with van der Waals surface area (Å²) in [6, 6.07) is 7.27. The summed E-state index contributed by atoms with van der Waals surface area (Å²) in [5, 5.41) is 15.3. The summed E-state index contributed by atoms with van der Waals surface area (Å²) in [5.74, 6) is -1.63. The molecule has 2 amide bonds. The zero-order valence-corrected chi connectivity index (χ0v) is 20.0. The van der Waals surface area contributed by atoms with Gasteiger partial charge in [-0.15, -0.1) is 0 Å². The van der Waals surface area contributed by atoms with Gasteiger partial charge in [-0.1, -0.05) is 17.7 Å². The predicted molar refractivity (Wildman–Crippen MR) is 123 cm³/mol. The first-order valence-electron chi connectivity index (χ1n) is 10.3. The molecule has 0 fully saturated rings. The van der Waals surface area contributed by atoms with Crippen molar-refractivity contribution in [3.05, 3.63) is 58.8 Å². The summed E-state index contributed by atoms with van der Waals surface area (Å²) in [7, 11) is -1.25. The maximum atomic E-state index is 13.1. The zero-order chi connectivity index (χ0) is 25.0. The number of urea groups is 1. The van der Waals surface area contributed by atoms with E-state index in [0.29, 0.717) is 5.56 Å². The lowest BCUT2D eigenvalue weighted by atomic mass is 9.95. The first kappa shape index (κ1) is 24.9. The Balaban J connectivity index is 2.17. The molecule has 3 N–H and O–H groups in total. The number of benzene rings is 2. The smallest absolute Gasteiger partial charge is 0.338 e. The lowest BCUT2D eigenvalue weighted by molar-refractivity contribution is -0.139. The number of nitrogens with one attached hydrogen (secondary N) is 2. The molecule has 34 heavy (non-hydrogen) atoms. The molecule has 182 valence electrons. The molecule has 2 aromatic rings. The number of rotatable bonds is 8. The van der Waals surface area contributed by atoms with Crippen LogP contribution in [-0.2, 0) is 19.4 Å². The van der Waals surface area contributed by atoms with Crippen molar-refractivity contribution in [2.45, 2.75) is 24.8 Å². The monoisotopic (exact) mass is 490 g/mol. The highest BCUT2D eigenvalue weighted by Gasteiger charge is 2.36. The summed E-state index contributed by atoms with van der Waals surface area (Å²) < 4.78 is 41.7. The van der Waals surface area contributed by atoms with Gasteiger partial charge in [0.2, 0.25) is 5.75 Å². The van der Waals surface area contributed by atoms with Crippen molar-refractivity contribution in [2.24, 2.45) is 0 Å². The van der Waals surface area contributed by atoms with Crippen LogP contribution in [0, 0.1) is 6.92 Å². The van der Waals surface area contributed by atoms with Crippen LogP contribution in [0.4, 0.5) is 4.79 Å². The molecule has 0 saturated carbocycles. The summed E-state index contributed by atoms with van der Waals surface area (Å²) >= 11 is 0. The largest absolute Gasteiger partial charge is 0.502 e. The van der Waals surface area contributed by atoms with Crippen molar-refractivity contribution in [2.75, 3.05) is 26.6 Å². The quantitative estimate of drug-likeness (QED) is 0.479. The molecule has 0 aromatic heterocycles. The van der Waals surface area contributed by atoms with Crippen molar-refractivity contribution < 1.29 is 37.3 Å². The Morgan fingerprint density at radius 1 is 1.09 bits per heavy atom. The van der Waals surface area contributed by atoms with E-state index >= 15 is 0 Å². The summed E-state index contributed by atoms with van der Waals surface area (Å²) in [5.41, 5.74) is 0.996. The number of phenolic OH excluding ortho intramolecular Hbond substituents is 1. The van der Waals surface area contributed by atoms with Crippen molar-refractivity contribution in [1.29, 1.82) is 0 Å². The van der Waals surface area contributed by atoms with Gasteiger partial charge in [0, 0.05) is 5.70 Å². The van der Waals surface area contributed by atoms with E-state index in [2.05, 4.69) is 10.6 Å². The van der Waals surface area contributed by atoms with Crippen LogP contribution in [0.5, 0.6) is 17.2 Å². The molecular weight excluding hydrogens is 464 g/mol. The number of aromatic hydroxyl groups is 1. The topological polar surface area (TPSA) is 140 Å². The second-order valence-corrected chi connectivity index (χ2v) is 9.48. The maximum absolute atomic E-state index is 13.1. The lowest BCUT2D eigenvalue weighted by Gasteiger charge is -2.29. The maximum Gasteiger partial charge on any atom is 0.338 e. The van der Waals surface area contributed by atoms with Crippen LogP contribution in [0.15, 0.2) is 52.6 Å². The molecule has 10 nitrogen and oxygen atoms in total. The molecule has 11 heteroatoms. The highest BCUT2D eigenvalue weighted by Crippen LogP contribution is 2.41. The Bertz CT molecular complexity index is 1210. The van der Waals surface area contributed by atoms with Crippen LogP contribution in [0.1, 0.15) is 24.1 Å². The molecule has 1 aliphatic heterocycles. The van der Waals surface area contributed by atoms with Crippen molar-refractivity contribution >= 4 is 21.8 Å². The molecule has 0 bridgehead atoms. The number of amides is 2. The van der Waals surface area contributed by atoms with E-state index in [4.69, 9.17) is 14.2 Å². The third kappa shape index (κ3) is 5.09. The highest BCUT2D eigenvalue weighted by molar-refractivity contribution is 7.91. The Morgan fingerprint density at radius 2 is 1.68 bits per heavy atom. The predicted octanol–water partition coefficient (Wildman–Crippen LogP) is 2.36. The van der Waals surface area contributed by atoms with Gasteiger partial charge in [0.15, 0.2) is 21.3 Å². The molecule has 3 rings (SSSR count). The van der Waals surface area contributed by atoms with Crippen LogP contribution in [0.2, 0.25) is 0 Å². The van der Waals surface area contributed by atoms with Crippen molar-refractivity contribution in [3.63, 3.8) is 0 Å². The van der Waals surface area contributed by atoms with Crippen LogP contribution in [-0.4, -0.2) is 52.1 Å². The van der Waals surface area contributed by atoms with E-state index in [1.807, 2.05) is 6.92 Å². The standard InChI is InChI=1S/C23H26N2O8S/c1-5-33-22(27)19-16(12-34(29,30)15-8-6-13(2)7-9-15)24-23(28)25-20(19)14-10-17(31-3)21(26)18(11-14)32-4/h6-11,20,26H,5,12H2,1-4H3,(H2,24,25,28)/t20-/m0/s1. The van der Waals surface area contributed by atoms with Crippen molar-refractivity contribution in [3.8, 4) is 17.2 Å². The van der Waals surface area contributed by atoms with Crippen LogP contribution in [0.25, 0.3) is 0 Å². The van der Waals surface area contributed by atoms with Gasteiger partial charge >= 0.3 is 12.0 Å². The summed E-state index contributed by atoms with van der Waals surface area (Å²) in [6.45, 7) is 3.47. The van der Waals surface area contributed by atoms with E-state index in [9.17, 15) is 23.1 Å². The third-order valence-corrected chi connectivity index (χ3v) is 6.86. The highest BCUT2D eigenvalue weighted by atomic mass is 32.2. The normalized spacial score (nSPS) is 15.9. The number of sulfone groups is 1.